The molecule has 6 aromatic rings. The number of rotatable bonds is 16. The summed E-state index contributed by atoms with van der Waals surface area (Å²) in [6, 6.07) is 50.4. The van der Waals surface area contributed by atoms with Gasteiger partial charge >= 0.3 is 0 Å². The number of phenols is 2. The number of phenolic OH excluding ortho intramolecular Hbond substituents is 2. The molecule has 0 unspecified atom stereocenters. The molecular formula is C44H42O2S3. The van der Waals surface area contributed by atoms with E-state index in [0.29, 0.717) is 11.5 Å². The van der Waals surface area contributed by atoms with Gasteiger partial charge in [0.15, 0.2) is 0 Å². The zero-order valence-corrected chi connectivity index (χ0v) is 30.1. The van der Waals surface area contributed by atoms with Crippen molar-refractivity contribution in [2.45, 2.75) is 38.5 Å². The molecule has 248 valence electrons. The average Bonchev–Trinajstić information content (AvgIpc) is 3.13. The van der Waals surface area contributed by atoms with Crippen molar-refractivity contribution in [1.29, 1.82) is 0 Å². The maximum Gasteiger partial charge on any atom is 0.122 e. The molecule has 5 heteroatoms. The van der Waals surface area contributed by atoms with Crippen molar-refractivity contribution in [2.75, 3.05) is 11.5 Å². The molecular weight excluding hydrogens is 657 g/mol. The fraction of sp³-hybridized carbons (Fsp3) is 0.182. The van der Waals surface area contributed by atoms with E-state index >= 15 is 0 Å². The van der Waals surface area contributed by atoms with Gasteiger partial charge < -0.3 is 10.2 Å². The quantitative estimate of drug-likeness (QED) is 0.0778. The van der Waals surface area contributed by atoms with Crippen LogP contribution >= 0.6 is 31.4 Å². The largest absolute Gasteiger partial charge is 0.507 e. The molecule has 49 heavy (non-hydrogen) atoms. The lowest BCUT2D eigenvalue weighted by molar-refractivity contribution is 0.463. The second-order valence-electron chi connectivity index (χ2n) is 12.4. The Hall–Kier alpha value is -4.03. The third-order valence-electron chi connectivity index (χ3n) is 8.65. The Morgan fingerprint density at radius 3 is 0.878 bits per heavy atom. The van der Waals surface area contributed by atoms with Gasteiger partial charge in [-0.2, -0.15) is 0 Å². The lowest BCUT2D eigenvalue weighted by Crippen LogP contribution is -1.99. The summed E-state index contributed by atoms with van der Waals surface area (Å²) >= 11 is 0. The van der Waals surface area contributed by atoms with E-state index in [9.17, 15) is 10.2 Å². The Labute approximate surface area is 302 Å². The summed E-state index contributed by atoms with van der Waals surface area (Å²) in [5.41, 5.74) is 11.3. The van der Waals surface area contributed by atoms with Crippen molar-refractivity contribution in [3.63, 3.8) is 0 Å². The monoisotopic (exact) mass is 698 g/mol. The summed E-state index contributed by atoms with van der Waals surface area (Å²) in [6.07, 6.45) is 4.78. The van der Waals surface area contributed by atoms with Crippen LogP contribution in [0.1, 0.15) is 55.6 Å². The van der Waals surface area contributed by atoms with Crippen molar-refractivity contribution >= 4 is 31.4 Å². The van der Waals surface area contributed by atoms with E-state index in [-0.39, 0.29) is 0 Å². The van der Waals surface area contributed by atoms with Crippen LogP contribution in [0, 0.1) is 0 Å². The van der Waals surface area contributed by atoms with Crippen LogP contribution in [0.2, 0.25) is 0 Å². The van der Waals surface area contributed by atoms with Crippen LogP contribution in [0.4, 0.5) is 0 Å². The van der Waals surface area contributed by atoms with Crippen molar-refractivity contribution in [2.24, 2.45) is 0 Å². The Kier molecular flexibility index (Phi) is 12.9. The molecule has 0 atom stereocenters. The molecule has 0 amide bonds. The molecule has 0 aromatic heterocycles. The number of hydrogen-bond donors (Lipinski definition) is 2. The van der Waals surface area contributed by atoms with E-state index in [1.165, 1.54) is 33.4 Å². The third-order valence-corrected chi connectivity index (χ3v) is 12.9. The predicted molar refractivity (Wildman–Crippen MR) is 213 cm³/mol. The molecule has 0 saturated heterocycles. The van der Waals surface area contributed by atoms with Crippen LogP contribution in [0.3, 0.4) is 0 Å². The maximum absolute atomic E-state index is 11.3. The first kappa shape index (κ1) is 34.8. The molecule has 2 N–H and O–H groups in total. The summed E-state index contributed by atoms with van der Waals surface area (Å²) in [7, 11) is 5.65. The fourth-order valence-corrected chi connectivity index (χ4v) is 9.97. The summed E-state index contributed by atoms with van der Waals surface area (Å²) in [4.78, 5) is 0. The molecule has 2 nitrogen and oxygen atoms in total. The molecule has 0 heterocycles. The zero-order chi connectivity index (χ0) is 33.7. The minimum absolute atomic E-state index is 0.419. The van der Waals surface area contributed by atoms with E-state index in [1.54, 1.807) is 0 Å². The van der Waals surface area contributed by atoms with Crippen LogP contribution in [0.15, 0.2) is 146 Å². The van der Waals surface area contributed by atoms with Crippen molar-refractivity contribution in [3.8, 4) is 11.5 Å². The number of aryl methyl sites for hydroxylation is 2. The molecule has 0 aliphatic carbocycles. The number of hydrogen-bond acceptors (Lipinski definition) is 5. The van der Waals surface area contributed by atoms with Crippen LogP contribution < -0.4 is 0 Å². The smallest absolute Gasteiger partial charge is 0.122 e. The van der Waals surface area contributed by atoms with Crippen molar-refractivity contribution in [1.82, 2.24) is 0 Å². The topological polar surface area (TPSA) is 40.5 Å². The number of aromatic hydroxyl groups is 2. The van der Waals surface area contributed by atoms with Gasteiger partial charge in [0.25, 0.3) is 0 Å². The summed E-state index contributed by atoms with van der Waals surface area (Å²) in [5.74, 6) is 2.84. The van der Waals surface area contributed by atoms with Crippen LogP contribution in [-0.2, 0) is 38.5 Å². The minimum Gasteiger partial charge on any atom is -0.507 e. The van der Waals surface area contributed by atoms with Crippen molar-refractivity contribution < 1.29 is 10.2 Å². The highest BCUT2D eigenvalue weighted by molar-refractivity contribution is 9.09. The first-order chi connectivity index (χ1) is 24.1. The Morgan fingerprint density at radius 2 is 0.612 bits per heavy atom. The highest BCUT2D eigenvalue weighted by Crippen LogP contribution is 2.37. The molecule has 0 fully saturated rings. The van der Waals surface area contributed by atoms with E-state index in [4.69, 9.17) is 0 Å². The summed E-state index contributed by atoms with van der Waals surface area (Å²) < 4.78 is 0. The van der Waals surface area contributed by atoms with E-state index < -0.39 is 0 Å². The van der Waals surface area contributed by atoms with E-state index in [0.717, 1.165) is 72.3 Å². The highest BCUT2D eigenvalue weighted by atomic mass is 33.5. The van der Waals surface area contributed by atoms with Gasteiger partial charge in [0.2, 0.25) is 0 Å². The predicted octanol–water partition coefficient (Wildman–Crippen LogP) is 11.3. The molecule has 0 bridgehead atoms. The Bertz CT molecular complexity index is 1630. The van der Waals surface area contributed by atoms with Gasteiger partial charge in [-0.1, -0.05) is 167 Å². The van der Waals surface area contributed by atoms with Gasteiger partial charge in [0, 0.05) is 37.2 Å². The van der Waals surface area contributed by atoms with Crippen molar-refractivity contribution in [3.05, 3.63) is 201 Å². The van der Waals surface area contributed by atoms with Gasteiger partial charge in [-0.3, -0.25) is 0 Å². The average molecular weight is 699 g/mol. The lowest BCUT2D eigenvalue weighted by atomic mass is 9.94. The fourth-order valence-electron chi connectivity index (χ4n) is 6.18. The molecule has 6 aromatic carbocycles. The van der Waals surface area contributed by atoms with Gasteiger partial charge in [0.1, 0.15) is 11.5 Å². The highest BCUT2D eigenvalue weighted by Gasteiger charge is 2.14. The minimum atomic E-state index is 0.419. The van der Waals surface area contributed by atoms with Gasteiger partial charge in [-0.25, -0.2) is 0 Å². The molecule has 0 aliphatic heterocycles. The normalized spacial score (nSPS) is 11.1. The Balaban J connectivity index is 1.05. The maximum atomic E-state index is 11.3. The number of benzene rings is 6. The van der Waals surface area contributed by atoms with Crippen LogP contribution in [0.5, 0.6) is 11.5 Å². The molecule has 0 spiro atoms. The SMILES string of the molecule is Oc1c(Cc2ccccc2)cc(CCSSSCCc2cc(Cc3ccccc3)c(O)c(Cc3ccccc3)c2)cc1Cc1ccccc1. The molecule has 0 saturated carbocycles. The molecule has 0 aliphatic rings. The summed E-state index contributed by atoms with van der Waals surface area (Å²) in [6.45, 7) is 0. The third kappa shape index (κ3) is 10.5. The second kappa shape index (κ2) is 18.1. The van der Waals surface area contributed by atoms with Crippen LogP contribution in [0.25, 0.3) is 0 Å². The van der Waals surface area contributed by atoms with E-state index in [1.807, 2.05) is 55.7 Å². The first-order valence-electron chi connectivity index (χ1n) is 16.8. The zero-order valence-electron chi connectivity index (χ0n) is 27.6. The van der Waals surface area contributed by atoms with Gasteiger partial charge in [-0.15, -0.1) is 0 Å². The lowest BCUT2D eigenvalue weighted by Gasteiger charge is -2.14. The summed E-state index contributed by atoms with van der Waals surface area (Å²) in [5, 5.41) is 22.5. The standard InChI is InChI=1S/C44H42O2S3/c45-43-39(25-33-13-5-1-6-14-33)29-37(30-40(43)26-34-15-7-2-8-16-34)21-23-47-49-48-24-22-38-31-41(27-35-17-9-3-10-18-35)44(46)42(32-38)28-36-19-11-4-12-20-36/h1-20,29-32,45-46H,21-28H2. The molecule has 6 rings (SSSR count). The van der Waals surface area contributed by atoms with Gasteiger partial charge in [0.05, 0.1) is 0 Å². The van der Waals surface area contributed by atoms with Gasteiger partial charge in [-0.05, 0) is 78.3 Å². The second-order valence-corrected chi connectivity index (χ2v) is 16.9. The first-order valence-corrected chi connectivity index (χ1v) is 20.7. The van der Waals surface area contributed by atoms with E-state index in [2.05, 4.69) is 121 Å². The molecule has 0 radical (unpaired) electrons. The van der Waals surface area contributed by atoms with Crippen LogP contribution in [-0.4, -0.2) is 21.7 Å². The Morgan fingerprint density at radius 1 is 0.347 bits per heavy atom.